The Morgan fingerprint density at radius 1 is 1.22 bits per heavy atom. The van der Waals surface area contributed by atoms with Crippen molar-refractivity contribution in [2.75, 3.05) is 11.4 Å². The summed E-state index contributed by atoms with van der Waals surface area (Å²) < 4.78 is 13.3. The van der Waals surface area contributed by atoms with E-state index in [9.17, 15) is 14.0 Å². The minimum atomic E-state index is -0.399. The molecule has 2 amide bonds. The Hall–Kier alpha value is -2.40. The average Bonchev–Trinajstić information content (AvgIpc) is 2.88. The maximum absolute atomic E-state index is 13.3. The number of nitrogens with one attached hydrogen (secondary N) is 1. The van der Waals surface area contributed by atoms with E-state index in [4.69, 9.17) is 11.6 Å². The summed E-state index contributed by atoms with van der Waals surface area (Å²) >= 11 is 5.79. The molecule has 1 saturated heterocycles. The highest BCUT2D eigenvalue weighted by molar-refractivity contribution is 6.30. The highest BCUT2D eigenvalue weighted by Gasteiger charge is 2.31. The second-order valence-electron chi connectivity index (χ2n) is 5.37. The number of amides is 2. The highest BCUT2D eigenvalue weighted by Crippen LogP contribution is 2.22. The molecule has 1 N–H and O–H groups in total. The molecule has 0 spiro atoms. The fraction of sp³-hybridized carbons (Fsp3) is 0.176. The molecule has 2 aromatic rings. The van der Waals surface area contributed by atoms with Crippen molar-refractivity contribution in [1.29, 1.82) is 0 Å². The normalized spacial score (nSPS) is 17.4. The van der Waals surface area contributed by atoms with Crippen molar-refractivity contribution >= 4 is 29.1 Å². The molecule has 6 heteroatoms. The van der Waals surface area contributed by atoms with E-state index < -0.39 is 5.82 Å². The molecule has 1 aliphatic rings. The van der Waals surface area contributed by atoms with Crippen molar-refractivity contribution in [3.63, 3.8) is 0 Å². The van der Waals surface area contributed by atoms with E-state index in [0.29, 0.717) is 22.8 Å². The van der Waals surface area contributed by atoms with E-state index >= 15 is 0 Å². The number of carbonyl (C=O) groups excluding carboxylic acids is 2. The Kier molecular flexibility index (Phi) is 4.30. The zero-order chi connectivity index (χ0) is 16.4. The predicted molar refractivity (Wildman–Crippen MR) is 86.1 cm³/mol. The largest absolute Gasteiger partial charge is 0.347 e. The summed E-state index contributed by atoms with van der Waals surface area (Å²) in [5.41, 5.74) is 0.976. The molecule has 0 radical (unpaired) electrons. The van der Waals surface area contributed by atoms with E-state index in [1.807, 2.05) is 0 Å². The van der Waals surface area contributed by atoms with Gasteiger partial charge < -0.3 is 10.2 Å². The molecule has 1 fully saturated rings. The van der Waals surface area contributed by atoms with E-state index in [-0.39, 0.29) is 24.3 Å². The first-order valence-corrected chi connectivity index (χ1v) is 7.53. The minimum absolute atomic E-state index is 0.142. The van der Waals surface area contributed by atoms with E-state index in [1.165, 1.54) is 17.0 Å². The summed E-state index contributed by atoms with van der Waals surface area (Å²) in [4.78, 5) is 25.7. The van der Waals surface area contributed by atoms with Crippen LogP contribution in [0.5, 0.6) is 0 Å². The Morgan fingerprint density at radius 2 is 1.96 bits per heavy atom. The first-order valence-electron chi connectivity index (χ1n) is 7.15. The molecule has 0 aromatic heterocycles. The van der Waals surface area contributed by atoms with Gasteiger partial charge in [-0.15, -0.1) is 0 Å². The molecule has 1 unspecified atom stereocenters. The van der Waals surface area contributed by atoms with E-state index in [1.54, 1.807) is 36.4 Å². The van der Waals surface area contributed by atoms with Crippen LogP contribution in [0.15, 0.2) is 48.5 Å². The smallest absolute Gasteiger partial charge is 0.251 e. The number of halogens is 2. The molecule has 3 rings (SSSR count). The number of benzene rings is 2. The fourth-order valence-electron chi connectivity index (χ4n) is 2.57. The zero-order valence-corrected chi connectivity index (χ0v) is 12.9. The maximum atomic E-state index is 13.3. The van der Waals surface area contributed by atoms with Gasteiger partial charge in [0.1, 0.15) is 5.82 Å². The Balaban J connectivity index is 1.68. The summed E-state index contributed by atoms with van der Waals surface area (Å²) in [6.45, 7) is 0.321. The van der Waals surface area contributed by atoms with Gasteiger partial charge in [0.15, 0.2) is 0 Å². The molecule has 0 saturated carbocycles. The van der Waals surface area contributed by atoms with Crippen molar-refractivity contribution in [2.24, 2.45) is 0 Å². The standard InChI is InChI=1S/C17H14ClFN2O2/c18-12-6-4-11(5-7-12)17(23)20-14-9-16(22)21(10-14)15-3-1-2-13(19)8-15/h1-8,14H,9-10H2,(H,20,23). The molecule has 1 atom stereocenters. The molecule has 118 valence electrons. The third-order valence-corrected chi connectivity index (χ3v) is 3.94. The van der Waals surface area contributed by atoms with Crippen LogP contribution in [0.25, 0.3) is 0 Å². The third-order valence-electron chi connectivity index (χ3n) is 3.69. The lowest BCUT2D eigenvalue weighted by molar-refractivity contribution is -0.117. The number of hydrogen-bond donors (Lipinski definition) is 1. The molecule has 0 aliphatic carbocycles. The molecular formula is C17H14ClFN2O2. The lowest BCUT2D eigenvalue weighted by atomic mass is 10.2. The average molecular weight is 333 g/mol. The van der Waals surface area contributed by atoms with Gasteiger partial charge in [0.05, 0.1) is 6.04 Å². The lowest BCUT2D eigenvalue weighted by Crippen LogP contribution is -2.37. The summed E-state index contributed by atoms with van der Waals surface area (Å²) in [6.07, 6.45) is 0.190. The van der Waals surface area contributed by atoms with Gasteiger partial charge in [-0.2, -0.15) is 0 Å². The van der Waals surface area contributed by atoms with E-state index in [2.05, 4.69) is 5.32 Å². The number of nitrogens with zero attached hydrogens (tertiary/aromatic N) is 1. The summed E-state index contributed by atoms with van der Waals surface area (Å²) in [5, 5.41) is 3.37. The predicted octanol–water partition coefficient (Wildman–Crippen LogP) is 3.01. The maximum Gasteiger partial charge on any atom is 0.251 e. The van der Waals surface area contributed by atoms with Gasteiger partial charge in [-0.05, 0) is 42.5 Å². The molecule has 23 heavy (non-hydrogen) atoms. The molecule has 2 aromatic carbocycles. The van der Waals surface area contributed by atoms with E-state index in [0.717, 1.165) is 0 Å². The van der Waals surface area contributed by atoms with Crippen molar-refractivity contribution in [3.8, 4) is 0 Å². The lowest BCUT2D eigenvalue weighted by Gasteiger charge is -2.17. The van der Waals surface area contributed by atoms with Crippen LogP contribution in [0.4, 0.5) is 10.1 Å². The molecular weight excluding hydrogens is 319 g/mol. The molecule has 1 heterocycles. The van der Waals surface area contributed by atoms with Gasteiger partial charge in [-0.3, -0.25) is 9.59 Å². The van der Waals surface area contributed by atoms with Gasteiger partial charge in [0, 0.05) is 29.2 Å². The first kappa shape index (κ1) is 15.5. The number of rotatable bonds is 3. The Morgan fingerprint density at radius 3 is 2.65 bits per heavy atom. The van der Waals surface area contributed by atoms with Crippen LogP contribution in [-0.4, -0.2) is 24.4 Å². The molecule has 4 nitrogen and oxygen atoms in total. The Labute approximate surface area is 137 Å². The van der Waals surface area contributed by atoms with Gasteiger partial charge in [0.25, 0.3) is 5.91 Å². The SMILES string of the molecule is O=C(NC1CC(=O)N(c2cccc(F)c2)C1)c1ccc(Cl)cc1. The minimum Gasteiger partial charge on any atom is -0.347 e. The fourth-order valence-corrected chi connectivity index (χ4v) is 2.69. The van der Waals surface area contributed by atoms with Gasteiger partial charge in [0.2, 0.25) is 5.91 Å². The second kappa shape index (κ2) is 6.38. The van der Waals surface area contributed by atoms with Crippen LogP contribution in [0, 0.1) is 5.82 Å². The van der Waals surface area contributed by atoms with Crippen molar-refractivity contribution in [2.45, 2.75) is 12.5 Å². The molecule has 0 bridgehead atoms. The molecule has 1 aliphatic heterocycles. The Bertz CT molecular complexity index is 749. The summed E-state index contributed by atoms with van der Waals surface area (Å²) in [7, 11) is 0. The van der Waals surface area contributed by atoms with Crippen molar-refractivity contribution in [1.82, 2.24) is 5.32 Å². The van der Waals surface area contributed by atoms with Crippen LogP contribution in [0.2, 0.25) is 5.02 Å². The van der Waals surface area contributed by atoms with Gasteiger partial charge in [-0.25, -0.2) is 4.39 Å². The number of carbonyl (C=O) groups is 2. The highest BCUT2D eigenvalue weighted by atomic mass is 35.5. The second-order valence-corrected chi connectivity index (χ2v) is 5.80. The topological polar surface area (TPSA) is 49.4 Å². The van der Waals surface area contributed by atoms with Crippen molar-refractivity contribution < 1.29 is 14.0 Å². The zero-order valence-electron chi connectivity index (χ0n) is 12.1. The number of anilines is 1. The first-order chi connectivity index (χ1) is 11.0. The van der Waals surface area contributed by atoms with Crippen LogP contribution < -0.4 is 10.2 Å². The third kappa shape index (κ3) is 3.51. The van der Waals surface area contributed by atoms with Crippen molar-refractivity contribution in [3.05, 3.63) is 64.9 Å². The monoisotopic (exact) mass is 332 g/mol. The number of hydrogen-bond acceptors (Lipinski definition) is 2. The van der Waals surface area contributed by atoms with Crippen LogP contribution >= 0.6 is 11.6 Å². The summed E-state index contributed by atoms with van der Waals surface area (Å²) in [5.74, 6) is -0.804. The van der Waals surface area contributed by atoms with Gasteiger partial charge >= 0.3 is 0 Å². The van der Waals surface area contributed by atoms with Crippen LogP contribution in [0.3, 0.4) is 0 Å². The quantitative estimate of drug-likeness (QED) is 0.939. The summed E-state index contributed by atoms with van der Waals surface area (Å²) in [6, 6.07) is 12.1. The van der Waals surface area contributed by atoms with Gasteiger partial charge in [-0.1, -0.05) is 17.7 Å². The van der Waals surface area contributed by atoms with Crippen LogP contribution in [0.1, 0.15) is 16.8 Å². The van der Waals surface area contributed by atoms with Crippen LogP contribution in [-0.2, 0) is 4.79 Å².